The first-order chi connectivity index (χ1) is 15.5. The monoisotopic (exact) mass is 428 g/mol. The Balaban J connectivity index is 1.40. The Kier molecular flexibility index (Phi) is 6.03. The zero-order chi connectivity index (χ0) is 22.7. The lowest BCUT2D eigenvalue weighted by atomic mass is 9.99. The summed E-state index contributed by atoms with van der Waals surface area (Å²) in [5, 5.41) is 2.75. The number of benzene rings is 3. The van der Waals surface area contributed by atoms with Crippen LogP contribution in [0.1, 0.15) is 52.5 Å². The highest BCUT2D eigenvalue weighted by molar-refractivity contribution is 6.34. The molecule has 4 rings (SSSR count). The first-order valence-electron chi connectivity index (χ1n) is 10.6. The Morgan fingerprint density at radius 2 is 1.59 bits per heavy atom. The number of nitrogens with zero attached hydrogens (tertiary/aromatic N) is 1. The third-order valence-electron chi connectivity index (χ3n) is 5.61. The van der Waals surface area contributed by atoms with Crippen LogP contribution < -0.4 is 15.0 Å². The van der Waals surface area contributed by atoms with Crippen LogP contribution in [0.4, 0.5) is 11.4 Å². The Morgan fingerprint density at radius 1 is 0.938 bits per heavy atom. The maximum Gasteiger partial charge on any atom is 0.266 e. The van der Waals surface area contributed by atoms with E-state index in [1.807, 2.05) is 24.3 Å². The standard InChI is InChI=1S/C26H24N2O4/c1-3-17(2)18-11-13-21(14-12-18)32-16-24(29)27-19-7-6-8-20(15-19)28-25(30)22-9-4-5-10-23(22)26(28)31/h4-15,17H,3,16H2,1-2H3,(H,27,29)/t17-/m1/s1. The molecule has 3 amide bonds. The van der Waals surface area contributed by atoms with Gasteiger partial charge >= 0.3 is 0 Å². The van der Waals surface area contributed by atoms with Crippen molar-refractivity contribution in [2.75, 3.05) is 16.8 Å². The lowest BCUT2D eigenvalue weighted by Gasteiger charge is -2.15. The number of anilines is 2. The highest BCUT2D eigenvalue weighted by atomic mass is 16.5. The van der Waals surface area contributed by atoms with Gasteiger partial charge in [-0.1, -0.05) is 44.2 Å². The molecule has 3 aromatic rings. The average molecular weight is 428 g/mol. The lowest BCUT2D eigenvalue weighted by Crippen LogP contribution is -2.29. The van der Waals surface area contributed by atoms with Crippen molar-refractivity contribution < 1.29 is 19.1 Å². The quantitative estimate of drug-likeness (QED) is 0.536. The number of carbonyl (C=O) groups is 3. The Hall–Kier alpha value is -3.93. The van der Waals surface area contributed by atoms with Gasteiger partial charge in [-0.05, 0) is 60.4 Å². The van der Waals surface area contributed by atoms with E-state index in [-0.39, 0.29) is 24.3 Å². The summed E-state index contributed by atoms with van der Waals surface area (Å²) >= 11 is 0. The Morgan fingerprint density at radius 3 is 2.22 bits per heavy atom. The fraction of sp³-hybridized carbons (Fsp3) is 0.192. The number of rotatable bonds is 7. The van der Waals surface area contributed by atoms with Crippen molar-refractivity contribution in [1.29, 1.82) is 0 Å². The number of hydrogen-bond acceptors (Lipinski definition) is 4. The highest BCUT2D eigenvalue weighted by Crippen LogP contribution is 2.29. The van der Waals surface area contributed by atoms with Crippen LogP contribution in [0.25, 0.3) is 0 Å². The number of ether oxygens (including phenoxy) is 1. The second-order valence-electron chi connectivity index (χ2n) is 7.76. The molecule has 1 atom stereocenters. The van der Waals surface area contributed by atoms with Crippen molar-refractivity contribution in [2.24, 2.45) is 0 Å². The van der Waals surface area contributed by atoms with Crippen molar-refractivity contribution in [3.8, 4) is 5.75 Å². The van der Waals surface area contributed by atoms with Crippen molar-refractivity contribution >= 4 is 29.1 Å². The topological polar surface area (TPSA) is 75.7 Å². The van der Waals surface area contributed by atoms with Gasteiger partial charge in [-0.15, -0.1) is 0 Å². The summed E-state index contributed by atoms with van der Waals surface area (Å²) in [7, 11) is 0. The van der Waals surface area contributed by atoms with Crippen molar-refractivity contribution in [1.82, 2.24) is 0 Å². The molecule has 6 heteroatoms. The SMILES string of the molecule is CC[C@@H](C)c1ccc(OCC(=O)Nc2cccc(N3C(=O)c4ccccc4C3=O)c2)cc1. The summed E-state index contributed by atoms with van der Waals surface area (Å²) in [5.74, 6) is 0.000719. The Bertz CT molecular complexity index is 1140. The van der Waals surface area contributed by atoms with Crippen LogP contribution in [0, 0.1) is 0 Å². The Labute approximate surface area is 186 Å². The van der Waals surface area contributed by atoms with Crippen molar-refractivity contribution in [3.05, 3.63) is 89.5 Å². The number of nitrogens with one attached hydrogen (secondary N) is 1. The van der Waals surface area contributed by atoms with E-state index in [1.165, 1.54) is 5.56 Å². The van der Waals surface area contributed by atoms with Crippen LogP contribution >= 0.6 is 0 Å². The summed E-state index contributed by atoms with van der Waals surface area (Å²) < 4.78 is 5.58. The molecule has 0 saturated carbocycles. The predicted molar refractivity (Wildman–Crippen MR) is 123 cm³/mol. The van der Waals surface area contributed by atoms with Gasteiger partial charge in [-0.2, -0.15) is 0 Å². The molecule has 3 aromatic carbocycles. The summed E-state index contributed by atoms with van der Waals surface area (Å²) in [4.78, 5) is 38.9. The normalized spacial score (nSPS) is 13.6. The molecule has 0 spiro atoms. The van der Waals surface area contributed by atoms with Crippen LogP contribution in [-0.4, -0.2) is 24.3 Å². The summed E-state index contributed by atoms with van der Waals surface area (Å²) in [6.07, 6.45) is 1.06. The third kappa shape index (κ3) is 4.25. The summed E-state index contributed by atoms with van der Waals surface area (Å²) in [5.41, 5.74) is 2.85. The van der Waals surface area contributed by atoms with Gasteiger partial charge in [0.2, 0.25) is 0 Å². The van der Waals surface area contributed by atoms with Crippen LogP contribution in [-0.2, 0) is 4.79 Å². The van der Waals surface area contributed by atoms with E-state index in [0.717, 1.165) is 11.3 Å². The fourth-order valence-corrected chi connectivity index (χ4v) is 3.62. The molecule has 0 radical (unpaired) electrons. The number of fused-ring (bicyclic) bond motifs is 1. The van der Waals surface area contributed by atoms with Crippen LogP contribution in [0.15, 0.2) is 72.8 Å². The molecule has 1 N–H and O–H groups in total. The van der Waals surface area contributed by atoms with Gasteiger partial charge in [0.25, 0.3) is 17.7 Å². The van der Waals surface area contributed by atoms with Crippen LogP contribution in [0.2, 0.25) is 0 Å². The molecule has 0 fully saturated rings. The summed E-state index contributed by atoms with van der Waals surface area (Å²) in [6.45, 7) is 4.15. The first-order valence-corrected chi connectivity index (χ1v) is 10.6. The highest BCUT2D eigenvalue weighted by Gasteiger charge is 2.36. The molecule has 0 unspecified atom stereocenters. The minimum absolute atomic E-state index is 0.153. The van der Waals surface area contributed by atoms with E-state index >= 15 is 0 Å². The van der Waals surface area contributed by atoms with Gasteiger partial charge in [0.15, 0.2) is 6.61 Å². The second-order valence-corrected chi connectivity index (χ2v) is 7.76. The van der Waals surface area contributed by atoms with Crippen molar-refractivity contribution in [3.63, 3.8) is 0 Å². The number of carbonyl (C=O) groups excluding carboxylic acids is 3. The van der Waals surface area contributed by atoms with Gasteiger partial charge in [-0.25, -0.2) is 4.90 Å². The molecule has 1 aliphatic rings. The first kappa shape index (κ1) is 21.3. The molecule has 1 aliphatic heterocycles. The molecule has 0 aromatic heterocycles. The molecular weight excluding hydrogens is 404 g/mol. The van der Waals surface area contributed by atoms with E-state index in [9.17, 15) is 14.4 Å². The largest absolute Gasteiger partial charge is 0.484 e. The average Bonchev–Trinajstić information content (AvgIpc) is 3.08. The second kappa shape index (κ2) is 9.06. The minimum atomic E-state index is -0.377. The van der Waals surface area contributed by atoms with E-state index in [4.69, 9.17) is 4.74 Å². The van der Waals surface area contributed by atoms with Gasteiger partial charge in [0.05, 0.1) is 16.8 Å². The van der Waals surface area contributed by atoms with E-state index in [2.05, 4.69) is 19.2 Å². The van der Waals surface area contributed by atoms with E-state index < -0.39 is 0 Å². The summed E-state index contributed by atoms with van der Waals surface area (Å²) in [6, 6.07) is 21.1. The number of imide groups is 1. The molecule has 1 heterocycles. The fourth-order valence-electron chi connectivity index (χ4n) is 3.62. The smallest absolute Gasteiger partial charge is 0.266 e. The van der Waals surface area contributed by atoms with Gasteiger partial charge in [0, 0.05) is 5.69 Å². The molecule has 6 nitrogen and oxygen atoms in total. The van der Waals surface area contributed by atoms with Gasteiger partial charge in [-0.3, -0.25) is 14.4 Å². The molecular formula is C26H24N2O4. The number of hydrogen-bond donors (Lipinski definition) is 1. The van der Waals surface area contributed by atoms with E-state index in [0.29, 0.717) is 34.2 Å². The minimum Gasteiger partial charge on any atom is -0.484 e. The molecule has 0 saturated heterocycles. The van der Waals surface area contributed by atoms with Crippen LogP contribution in [0.5, 0.6) is 5.75 Å². The number of amides is 3. The maximum atomic E-state index is 12.7. The molecule has 32 heavy (non-hydrogen) atoms. The van der Waals surface area contributed by atoms with Gasteiger partial charge < -0.3 is 10.1 Å². The zero-order valence-electron chi connectivity index (χ0n) is 18.0. The molecule has 0 aliphatic carbocycles. The van der Waals surface area contributed by atoms with Gasteiger partial charge in [0.1, 0.15) is 5.75 Å². The van der Waals surface area contributed by atoms with Crippen LogP contribution in [0.3, 0.4) is 0 Å². The molecule has 0 bridgehead atoms. The lowest BCUT2D eigenvalue weighted by molar-refractivity contribution is -0.118. The van der Waals surface area contributed by atoms with E-state index in [1.54, 1.807) is 48.5 Å². The molecule has 162 valence electrons. The maximum absolute atomic E-state index is 12.7. The zero-order valence-corrected chi connectivity index (χ0v) is 18.0. The predicted octanol–water partition coefficient (Wildman–Crippen LogP) is 5.02. The third-order valence-corrected chi connectivity index (χ3v) is 5.61. The van der Waals surface area contributed by atoms with Crippen molar-refractivity contribution in [2.45, 2.75) is 26.2 Å².